The van der Waals surface area contributed by atoms with Gasteiger partial charge in [-0.25, -0.2) is 5.43 Å². The number of rotatable bonds is 6. The van der Waals surface area contributed by atoms with Crippen LogP contribution >= 0.6 is 0 Å². The van der Waals surface area contributed by atoms with Gasteiger partial charge in [-0.15, -0.1) is 0 Å². The van der Waals surface area contributed by atoms with E-state index in [1.165, 1.54) is 23.9 Å². The molecule has 8 heteroatoms. The number of benzene rings is 2. The maximum atomic E-state index is 12.3. The number of furan rings is 1. The van der Waals surface area contributed by atoms with Crippen molar-refractivity contribution in [1.29, 1.82) is 0 Å². The second kappa shape index (κ2) is 8.60. The molecular weight excluding hydrogens is 384 g/mol. The number of fused-ring (bicyclic) bond motifs is 1. The second-order valence-corrected chi connectivity index (χ2v) is 6.95. The molecule has 4 rings (SSSR count). The minimum absolute atomic E-state index is 0.0196. The number of nitro groups is 1. The Balaban J connectivity index is 1.34. The quantitative estimate of drug-likeness (QED) is 0.383. The molecule has 0 unspecified atom stereocenters. The first kappa shape index (κ1) is 19.4. The van der Waals surface area contributed by atoms with Crippen molar-refractivity contribution in [3.8, 4) is 11.3 Å². The van der Waals surface area contributed by atoms with Crippen molar-refractivity contribution in [3.63, 3.8) is 0 Å². The van der Waals surface area contributed by atoms with Crippen LogP contribution in [0.3, 0.4) is 0 Å². The molecular formula is C22H20N4O4. The standard InChI is InChI=1S/C22H20N4O4/c27-22(15-25-13-3-5-16-4-1-2-6-20(16)25)24-23-14-19-11-12-21(30-19)17-7-9-18(10-8-17)26(28)29/h1-2,4,6-12,14H,3,5,13,15H2,(H,24,27)/b23-14-. The number of hydrazone groups is 1. The van der Waals surface area contributed by atoms with Gasteiger partial charge in [-0.2, -0.15) is 5.10 Å². The molecule has 0 spiro atoms. The molecule has 2 aromatic carbocycles. The van der Waals surface area contributed by atoms with Gasteiger partial charge in [0, 0.05) is 29.9 Å². The average Bonchev–Trinajstić information content (AvgIpc) is 3.23. The summed E-state index contributed by atoms with van der Waals surface area (Å²) in [6, 6.07) is 17.7. The SMILES string of the molecule is O=C(CN1CCCc2ccccc21)N/N=C\c1ccc(-c2ccc([N+](=O)[O-])cc2)o1. The topological polar surface area (TPSA) is 101 Å². The summed E-state index contributed by atoms with van der Waals surface area (Å²) >= 11 is 0. The molecule has 0 radical (unpaired) electrons. The van der Waals surface area contributed by atoms with Gasteiger partial charge in [-0.1, -0.05) is 18.2 Å². The Kier molecular flexibility index (Phi) is 5.56. The van der Waals surface area contributed by atoms with E-state index in [4.69, 9.17) is 4.42 Å². The minimum atomic E-state index is -0.449. The Hall–Kier alpha value is -3.94. The lowest BCUT2D eigenvalue weighted by Crippen LogP contribution is -2.38. The number of para-hydroxylation sites is 1. The third-order valence-corrected chi connectivity index (χ3v) is 4.91. The number of aryl methyl sites for hydroxylation is 1. The molecule has 0 aliphatic carbocycles. The number of amides is 1. The first-order chi connectivity index (χ1) is 14.6. The zero-order valence-electron chi connectivity index (χ0n) is 16.2. The van der Waals surface area contributed by atoms with Crippen molar-refractivity contribution in [3.05, 3.63) is 82.1 Å². The number of nitro benzene ring substituents is 1. The van der Waals surface area contributed by atoms with Crippen LogP contribution in [0.2, 0.25) is 0 Å². The van der Waals surface area contributed by atoms with E-state index in [0.29, 0.717) is 17.1 Å². The van der Waals surface area contributed by atoms with E-state index in [1.807, 2.05) is 18.2 Å². The number of nitrogens with one attached hydrogen (secondary N) is 1. The van der Waals surface area contributed by atoms with Crippen LogP contribution in [0.25, 0.3) is 11.3 Å². The van der Waals surface area contributed by atoms with Crippen molar-refractivity contribution < 1.29 is 14.1 Å². The largest absolute Gasteiger partial charge is 0.455 e. The third-order valence-electron chi connectivity index (χ3n) is 4.91. The van der Waals surface area contributed by atoms with Crippen LogP contribution in [0.4, 0.5) is 11.4 Å². The van der Waals surface area contributed by atoms with Crippen LogP contribution in [-0.4, -0.2) is 30.1 Å². The van der Waals surface area contributed by atoms with E-state index in [0.717, 1.165) is 25.1 Å². The summed E-state index contributed by atoms with van der Waals surface area (Å²) in [6.07, 6.45) is 3.48. The fourth-order valence-electron chi connectivity index (χ4n) is 3.48. The lowest BCUT2D eigenvalue weighted by molar-refractivity contribution is -0.384. The lowest BCUT2D eigenvalue weighted by Gasteiger charge is -2.30. The Morgan fingerprint density at radius 1 is 1.17 bits per heavy atom. The number of carbonyl (C=O) groups excluding carboxylic acids is 1. The fourth-order valence-corrected chi connectivity index (χ4v) is 3.48. The first-order valence-corrected chi connectivity index (χ1v) is 9.59. The predicted molar refractivity (Wildman–Crippen MR) is 114 cm³/mol. The third kappa shape index (κ3) is 4.38. The molecule has 152 valence electrons. The molecule has 1 aliphatic heterocycles. The fraction of sp³-hybridized carbons (Fsp3) is 0.182. The number of non-ortho nitro benzene ring substituents is 1. The molecule has 1 aliphatic rings. The molecule has 1 amide bonds. The summed E-state index contributed by atoms with van der Waals surface area (Å²) in [5, 5.41) is 14.7. The normalized spacial score (nSPS) is 13.3. The van der Waals surface area contributed by atoms with Crippen LogP contribution < -0.4 is 10.3 Å². The Morgan fingerprint density at radius 2 is 1.97 bits per heavy atom. The maximum Gasteiger partial charge on any atom is 0.269 e. The van der Waals surface area contributed by atoms with E-state index in [-0.39, 0.29) is 18.1 Å². The molecule has 0 bridgehead atoms. The Bertz CT molecular complexity index is 1090. The molecule has 8 nitrogen and oxygen atoms in total. The molecule has 1 aromatic heterocycles. The van der Waals surface area contributed by atoms with Crippen LogP contribution in [0.1, 0.15) is 17.7 Å². The summed E-state index contributed by atoms with van der Waals surface area (Å²) in [5.74, 6) is 0.819. The first-order valence-electron chi connectivity index (χ1n) is 9.59. The van der Waals surface area contributed by atoms with Crippen LogP contribution in [0, 0.1) is 10.1 Å². The van der Waals surface area contributed by atoms with Gasteiger partial charge >= 0.3 is 0 Å². The van der Waals surface area contributed by atoms with Crippen molar-refractivity contribution >= 4 is 23.5 Å². The van der Waals surface area contributed by atoms with Gasteiger partial charge in [0.05, 0.1) is 17.7 Å². The predicted octanol–water partition coefficient (Wildman–Crippen LogP) is 3.76. The van der Waals surface area contributed by atoms with E-state index in [9.17, 15) is 14.9 Å². The summed E-state index contributed by atoms with van der Waals surface area (Å²) in [4.78, 5) is 24.6. The Morgan fingerprint density at radius 3 is 2.77 bits per heavy atom. The summed E-state index contributed by atoms with van der Waals surface area (Å²) in [7, 11) is 0. The van der Waals surface area contributed by atoms with Crippen LogP contribution in [0.5, 0.6) is 0 Å². The lowest BCUT2D eigenvalue weighted by atomic mass is 10.0. The monoisotopic (exact) mass is 404 g/mol. The van der Waals surface area contributed by atoms with Gasteiger partial charge in [-0.05, 0) is 48.7 Å². The van der Waals surface area contributed by atoms with Gasteiger partial charge in [-0.3, -0.25) is 14.9 Å². The highest BCUT2D eigenvalue weighted by atomic mass is 16.6. The molecule has 3 aromatic rings. The van der Waals surface area contributed by atoms with Crippen molar-refractivity contribution in [2.45, 2.75) is 12.8 Å². The van der Waals surface area contributed by atoms with Gasteiger partial charge in [0.1, 0.15) is 11.5 Å². The van der Waals surface area contributed by atoms with E-state index >= 15 is 0 Å². The highest BCUT2D eigenvalue weighted by molar-refractivity contribution is 5.84. The average molecular weight is 404 g/mol. The van der Waals surface area contributed by atoms with E-state index in [2.05, 4.69) is 21.5 Å². The second-order valence-electron chi connectivity index (χ2n) is 6.95. The van der Waals surface area contributed by atoms with Crippen LogP contribution in [0.15, 0.2) is 70.2 Å². The zero-order chi connectivity index (χ0) is 20.9. The number of hydrogen-bond acceptors (Lipinski definition) is 6. The molecule has 0 saturated carbocycles. The molecule has 30 heavy (non-hydrogen) atoms. The molecule has 0 saturated heterocycles. The van der Waals surface area contributed by atoms with Crippen LogP contribution in [-0.2, 0) is 11.2 Å². The highest BCUT2D eigenvalue weighted by Crippen LogP contribution is 2.26. The van der Waals surface area contributed by atoms with Gasteiger partial charge in [0.2, 0.25) is 0 Å². The van der Waals surface area contributed by atoms with E-state index in [1.54, 1.807) is 24.3 Å². The smallest absolute Gasteiger partial charge is 0.269 e. The number of hydrogen-bond donors (Lipinski definition) is 1. The van der Waals surface area contributed by atoms with Gasteiger partial charge in [0.25, 0.3) is 11.6 Å². The zero-order valence-corrected chi connectivity index (χ0v) is 16.2. The van der Waals surface area contributed by atoms with Gasteiger partial charge < -0.3 is 9.32 Å². The summed E-state index contributed by atoms with van der Waals surface area (Å²) in [6.45, 7) is 1.07. The number of carbonyl (C=O) groups is 1. The van der Waals surface area contributed by atoms with Crippen molar-refractivity contribution in [1.82, 2.24) is 5.43 Å². The minimum Gasteiger partial charge on any atom is -0.455 e. The molecule has 0 atom stereocenters. The maximum absolute atomic E-state index is 12.3. The summed E-state index contributed by atoms with van der Waals surface area (Å²) in [5.41, 5.74) is 5.62. The molecule has 0 fully saturated rings. The summed E-state index contributed by atoms with van der Waals surface area (Å²) < 4.78 is 5.67. The van der Waals surface area contributed by atoms with E-state index < -0.39 is 4.92 Å². The van der Waals surface area contributed by atoms with Gasteiger partial charge in [0.15, 0.2) is 0 Å². The molecule has 2 heterocycles. The number of nitrogens with zero attached hydrogens (tertiary/aromatic N) is 3. The van der Waals surface area contributed by atoms with Crippen molar-refractivity contribution in [2.75, 3.05) is 18.0 Å². The van der Waals surface area contributed by atoms with Crippen molar-refractivity contribution in [2.24, 2.45) is 5.10 Å². The number of anilines is 1. The molecule has 1 N–H and O–H groups in total. The Labute approximate surface area is 173 Å². The highest BCUT2D eigenvalue weighted by Gasteiger charge is 2.18.